The van der Waals surface area contributed by atoms with Crippen molar-refractivity contribution in [3.05, 3.63) is 29.8 Å². The summed E-state index contributed by atoms with van der Waals surface area (Å²) in [5, 5.41) is 0. The summed E-state index contributed by atoms with van der Waals surface area (Å²) in [5.41, 5.74) is 0.848. The third-order valence-electron chi connectivity index (χ3n) is 2.08. The Morgan fingerprint density at radius 1 is 1.47 bits per heavy atom. The first kappa shape index (κ1) is 11.7. The van der Waals surface area contributed by atoms with Crippen LogP contribution in [-0.4, -0.2) is 15.5 Å². The van der Waals surface area contributed by atoms with Crippen molar-refractivity contribution in [2.24, 2.45) is 4.36 Å². The fourth-order valence-electron chi connectivity index (χ4n) is 1.32. The van der Waals surface area contributed by atoms with Gasteiger partial charge in [0.1, 0.15) is 5.75 Å². The third kappa shape index (κ3) is 3.36. The number of methoxy groups -OCH3 is 1. The van der Waals surface area contributed by atoms with E-state index in [0.29, 0.717) is 12.2 Å². The molecule has 1 aromatic rings. The van der Waals surface area contributed by atoms with Crippen LogP contribution < -0.4 is 4.74 Å². The normalized spacial score (nSPS) is 11.9. The minimum atomic E-state index is -2.37. The maximum atomic E-state index is 10.5. The fraction of sp³-hybridized carbons (Fsp3) is 0.400. The van der Waals surface area contributed by atoms with E-state index in [4.69, 9.17) is 4.74 Å². The monoisotopic (exact) mass is 227 g/mol. The third-order valence-corrected chi connectivity index (χ3v) is 2.51. The van der Waals surface area contributed by atoms with E-state index in [0.717, 1.165) is 5.56 Å². The van der Waals surface area contributed by atoms with E-state index in [1.54, 1.807) is 13.2 Å². The van der Waals surface area contributed by atoms with Gasteiger partial charge >= 0.3 is 10.5 Å². The number of benzene rings is 1. The summed E-state index contributed by atoms with van der Waals surface area (Å²) in [6.07, 6.45) is 0.640. The zero-order chi connectivity index (χ0) is 11.3. The van der Waals surface area contributed by atoms with E-state index in [-0.39, 0.29) is 6.04 Å². The molecule has 0 saturated carbocycles. The minimum absolute atomic E-state index is 0.321. The van der Waals surface area contributed by atoms with Crippen LogP contribution in [0.1, 0.15) is 24.9 Å². The lowest BCUT2D eigenvalue weighted by Gasteiger charge is -2.08. The lowest BCUT2D eigenvalue weighted by molar-refractivity contribution is 0.413. The van der Waals surface area contributed by atoms with Crippen LogP contribution >= 0.6 is 0 Å². The van der Waals surface area contributed by atoms with Gasteiger partial charge in [-0.25, -0.2) is 0 Å². The van der Waals surface area contributed by atoms with Crippen molar-refractivity contribution in [3.8, 4) is 5.75 Å². The maximum Gasteiger partial charge on any atom is 0.311 e. The van der Waals surface area contributed by atoms with Gasteiger partial charge in [0.15, 0.2) is 0 Å². The Bertz CT molecular complexity index is 445. The Hall–Kier alpha value is -1.36. The highest BCUT2D eigenvalue weighted by atomic mass is 32.2. The first-order chi connectivity index (χ1) is 7.17. The molecule has 1 atom stereocenters. The smallest absolute Gasteiger partial charge is 0.311 e. The van der Waals surface area contributed by atoms with E-state index < -0.39 is 10.5 Å². The van der Waals surface area contributed by atoms with Gasteiger partial charge in [0.2, 0.25) is 0 Å². The minimum Gasteiger partial charge on any atom is -0.497 e. The highest BCUT2D eigenvalue weighted by molar-refractivity contribution is 7.61. The SMILES string of the molecule is CCC(N=S(=O)=O)c1cccc(OC)c1. The van der Waals surface area contributed by atoms with Crippen LogP contribution in [-0.2, 0) is 10.5 Å². The molecule has 1 aromatic carbocycles. The second-order valence-corrected chi connectivity index (χ2v) is 3.67. The van der Waals surface area contributed by atoms with Crippen LogP contribution in [0, 0.1) is 0 Å². The summed E-state index contributed by atoms with van der Waals surface area (Å²) in [7, 11) is -0.798. The highest BCUT2D eigenvalue weighted by Gasteiger charge is 2.08. The molecule has 82 valence electrons. The molecular weight excluding hydrogens is 214 g/mol. The molecule has 4 nitrogen and oxygen atoms in total. The lowest BCUT2D eigenvalue weighted by atomic mass is 10.1. The topological polar surface area (TPSA) is 55.7 Å². The molecule has 0 N–H and O–H groups in total. The summed E-state index contributed by atoms with van der Waals surface area (Å²) >= 11 is 0. The van der Waals surface area contributed by atoms with E-state index >= 15 is 0 Å². The molecule has 0 spiro atoms. The molecular formula is C10H13NO3S. The second kappa shape index (κ2) is 5.50. The van der Waals surface area contributed by atoms with Gasteiger partial charge in [0.05, 0.1) is 13.2 Å². The second-order valence-electron chi connectivity index (χ2n) is 3.02. The van der Waals surface area contributed by atoms with Crippen LogP contribution in [0.15, 0.2) is 28.6 Å². The lowest BCUT2D eigenvalue weighted by Crippen LogP contribution is -1.94. The average Bonchev–Trinajstić information content (AvgIpc) is 2.25. The molecule has 1 rings (SSSR count). The molecule has 0 saturated heterocycles. The molecule has 0 bridgehead atoms. The summed E-state index contributed by atoms with van der Waals surface area (Å²) in [5.74, 6) is 0.706. The van der Waals surface area contributed by atoms with E-state index in [2.05, 4.69) is 4.36 Å². The van der Waals surface area contributed by atoms with E-state index in [1.165, 1.54) is 0 Å². The van der Waals surface area contributed by atoms with Gasteiger partial charge in [-0.1, -0.05) is 19.1 Å². The zero-order valence-corrected chi connectivity index (χ0v) is 9.49. The maximum absolute atomic E-state index is 10.5. The standard InChI is InChI=1S/C10H13NO3S/c1-3-10(11-15(12)13)8-5-4-6-9(7-8)14-2/h4-7,10H,3H2,1-2H3. The summed E-state index contributed by atoms with van der Waals surface area (Å²) in [4.78, 5) is 0. The van der Waals surface area contributed by atoms with Crippen molar-refractivity contribution in [3.63, 3.8) is 0 Å². The number of ether oxygens (including phenoxy) is 1. The molecule has 0 aliphatic rings. The number of nitrogens with zero attached hydrogens (tertiary/aromatic N) is 1. The Kier molecular flexibility index (Phi) is 4.30. The molecule has 1 unspecified atom stereocenters. The molecule has 5 heteroatoms. The van der Waals surface area contributed by atoms with Gasteiger partial charge in [-0.05, 0) is 24.1 Å². The van der Waals surface area contributed by atoms with Gasteiger partial charge in [-0.15, -0.1) is 0 Å². The first-order valence-electron chi connectivity index (χ1n) is 4.61. The van der Waals surface area contributed by atoms with Gasteiger partial charge in [0, 0.05) is 0 Å². The first-order valence-corrected chi connectivity index (χ1v) is 5.64. The van der Waals surface area contributed by atoms with Gasteiger partial charge in [-0.3, -0.25) is 0 Å². The molecule has 0 radical (unpaired) electrons. The summed E-state index contributed by atoms with van der Waals surface area (Å²) < 4.78 is 29.7. The molecule has 15 heavy (non-hydrogen) atoms. The number of hydrogen-bond acceptors (Lipinski definition) is 4. The Labute approximate surface area is 90.6 Å². The predicted octanol–water partition coefficient (Wildman–Crippen LogP) is 2.21. The molecule has 0 aliphatic carbocycles. The summed E-state index contributed by atoms with van der Waals surface area (Å²) in [6, 6.07) is 6.95. The van der Waals surface area contributed by atoms with E-state index in [1.807, 2.05) is 25.1 Å². The van der Waals surface area contributed by atoms with Crippen LogP contribution in [0.5, 0.6) is 5.75 Å². The van der Waals surface area contributed by atoms with Crippen LogP contribution in [0.4, 0.5) is 0 Å². The van der Waals surface area contributed by atoms with Gasteiger partial charge in [-0.2, -0.15) is 12.8 Å². The molecule has 0 heterocycles. The molecule has 0 aliphatic heterocycles. The zero-order valence-electron chi connectivity index (χ0n) is 8.67. The van der Waals surface area contributed by atoms with Crippen molar-refractivity contribution in [2.45, 2.75) is 19.4 Å². The van der Waals surface area contributed by atoms with Crippen LogP contribution in [0.3, 0.4) is 0 Å². The Balaban J connectivity index is 3.06. The van der Waals surface area contributed by atoms with Gasteiger partial charge in [0.25, 0.3) is 0 Å². The highest BCUT2D eigenvalue weighted by Crippen LogP contribution is 2.24. The molecule has 0 amide bonds. The summed E-state index contributed by atoms with van der Waals surface area (Å²) in [6.45, 7) is 1.89. The molecule has 0 aromatic heterocycles. The van der Waals surface area contributed by atoms with Crippen molar-refractivity contribution >= 4 is 10.5 Å². The molecule has 0 fully saturated rings. The quantitative estimate of drug-likeness (QED) is 0.792. The number of rotatable bonds is 4. The fourth-order valence-corrected chi connectivity index (χ4v) is 1.80. The Morgan fingerprint density at radius 2 is 2.20 bits per heavy atom. The Morgan fingerprint density at radius 3 is 2.73 bits per heavy atom. The average molecular weight is 227 g/mol. The van der Waals surface area contributed by atoms with Crippen molar-refractivity contribution in [2.75, 3.05) is 7.11 Å². The van der Waals surface area contributed by atoms with Crippen molar-refractivity contribution in [1.29, 1.82) is 0 Å². The number of hydrogen-bond donors (Lipinski definition) is 0. The van der Waals surface area contributed by atoms with Crippen molar-refractivity contribution < 1.29 is 13.2 Å². The van der Waals surface area contributed by atoms with Crippen LogP contribution in [0.25, 0.3) is 0 Å². The van der Waals surface area contributed by atoms with Crippen LogP contribution in [0.2, 0.25) is 0 Å². The van der Waals surface area contributed by atoms with Crippen molar-refractivity contribution in [1.82, 2.24) is 0 Å². The van der Waals surface area contributed by atoms with Gasteiger partial charge < -0.3 is 4.74 Å². The predicted molar refractivity (Wildman–Crippen MR) is 57.4 cm³/mol. The van der Waals surface area contributed by atoms with E-state index in [9.17, 15) is 8.42 Å². The largest absolute Gasteiger partial charge is 0.497 e.